The molecule has 1 aliphatic rings. The van der Waals surface area contributed by atoms with E-state index in [0.717, 1.165) is 16.4 Å². The zero-order chi connectivity index (χ0) is 18.7. The topological polar surface area (TPSA) is 34.2 Å². The van der Waals surface area contributed by atoms with Gasteiger partial charge in [-0.15, -0.1) is 0 Å². The summed E-state index contributed by atoms with van der Waals surface area (Å²) in [5.41, 5.74) is 1.17. The third-order valence-corrected chi connectivity index (χ3v) is 5.40. The van der Waals surface area contributed by atoms with Crippen molar-refractivity contribution in [2.75, 3.05) is 0 Å². The van der Waals surface area contributed by atoms with Gasteiger partial charge < -0.3 is 14.3 Å². The number of halogens is 2. The number of hydrogen-bond acceptors (Lipinski definition) is 2. The minimum absolute atomic E-state index is 0.0547. The van der Waals surface area contributed by atoms with Gasteiger partial charge in [-0.1, -0.05) is 18.2 Å². The first-order chi connectivity index (χ1) is 12.2. The van der Waals surface area contributed by atoms with Crippen LogP contribution in [0.2, 0.25) is 0 Å². The van der Waals surface area contributed by atoms with E-state index in [-0.39, 0.29) is 5.56 Å². The number of rotatable bonds is 2. The van der Waals surface area contributed by atoms with Gasteiger partial charge in [0, 0.05) is 5.52 Å². The lowest BCUT2D eigenvalue weighted by molar-refractivity contribution is 0.00578. The van der Waals surface area contributed by atoms with Gasteiger partial charge in [-0.3, -0.25) is 0 Å². The molecule has 134 valence electrons. The zero-order valence-electron chi connectivity index (χ0n) is 15.2. The highest BCUT2D eigenvalue weighted by molar-refractivity contribution is 6.62. The monoisotopic (exact) mass is 355 g/mol. The number of nitrogens with one attached hydrogen (secondary N) is 1. The van der Waals surface area contributed by atoms with Crippen molar-refractivity contribution in [3.05, 3.63) is 54.1 Å². The smallest absolute Gasteiger partial charge is 0.399 e. The Balaban J connectivity index is 1.74. The molecule has 1 aliphatic heterocycles. The van der Waals surface area contributed by atoms with Gasteiger partial charge >= 0.3 is 7.12 Å². The summed E-state index contributed by atoms with van der Waals surface area (Å²) in [5, 5.41) is 0.842. The fourth-order valence-electron chi connectivity index (χ4n) is 3.17. The van der Waals surface area contributed by atoms with Gasteiger partial charge in [0.25, 0.3) is 0 Å². The molecule has 26 heavy (non-hydrogen) atoms. The van der Waals surface area contributed by atoms with E-state index in [1.54, 1.807) is 6.07 Å². The Kier molecular flexibility index (Phi) is 3.76. The van der Waals surface area contributed by atoms with Gasteiger partial charge in [-0.2, -0.15) is 0 Å². The van der Waals surface area contributed by atoms with E-state index in [9.17, 15) is 8.78 Å². The van der Waals surface area contributed by atoms with E-state index in [1.165, 1.54) is 18.2 Å². The average molecular weight is 355 g/mol. The maximum Gasteiger partial charge on any atom is 0.494 e. The minimum atomic E-state index is -0.595. The van der Waals surface area contributed by atoms with Crippen LogP contribution >= 0.6 is 0 Å². The van der Waals surface area contributed by atoms with E-state index >= 15 is 0 Å². The molecule has 0 atom stereocenters. The van der Waals surface area contributed by atoms with Crippen LogP contribution in [0.25, 0.3) is 22.2 Å². The summed E-state index contributed by atoms with van der Waals surface area (Å²) in [6, 6.07) is 11.3. The average Bonchev–Trinajstić information content (AvgIpc) is 3.04. The predicted octanol–water partition coefficient (Wildman–Crippen LogP) is 4.41. The van der Waals surface area contributed by atoms with E-state index in [2.05, 4.69) is 4.98 Å². The standard InChI is InChI=1S/C20H20BF2NO2/c1-19(2)20(3,4)26-21(25-19)13-8-9-16-12(10-13)11-17(24-16)18-14(22)6-5-7-15(18)23/h5-11,24H,1-4H3. The van der Waals surface area contributed by atoms with Crippen molar-refractivity contribution in [3.63, 3.8) is 0 Å². The van der Waals surface area contributed by atoms with E-state index in [4.69, 9.17) is 9.31 Å². The van der Waals surface area contributed by atoms with Crippen molar-refractivity contribution in [2.45, 2.75) is 38.9 Å². The molecule has 1 aromatic heterocycles. The van der Waals surface area contributed by atoms with Crippen molar-refractivity contribution in [1.29, 1.82) is 0 Å². The van der Waals surface area contributed by atoms with Crippen LogP contribution < -0.4 is 5.46 Å². The molecule has 0 bridgehead atoms. The third-order valence-electron chi connectivity index (χ3n) is 5.40. The first kappa shape index (κ1) is 17.2. The van der Waals surface area contributed by atoms with Gasteiger partial charge in [-0.05, 0) is 62.8 Å². The lowest BCUT2D eigenvalue weighted by Gasteiger charge is -2.32. The number of fused-ring (bicyclic) bond motifs is 1. The quantitative estimate of drug-likeness (QED) is 0.691. The maximum atomic E-state index is 14.1. The normalized spacial score (nSPS) is 18.6. The van der Waals surface area contributed by atoms with Crippen molar-refractivity contribution in [1.82, 2.24) is 4.98 Å². The van der Waals surface area contributed by atoms with Crippen LogP contribution in [0, 0.1) is 11.6 Å². The molecule has 4 rings (SSSR count). The Hall–Kier alpha value is -2.18. The largest absolute Gasteiger partial charge is 0.494 e. The molecule has 0 saturated carbocycles. The molecule has 2 aromatic carbocycles. The van der Waals surface area contributed by atoms with Crippen LogP contribution in [0.3, 0.4) is 0 Å². The highest BCUT2D eigenvalue weighted by Crippen LogP contribution is 2.37. The third kappa shape index (κ3) is 2.64. The summed E-state index contributed by atoms with van der Waals surface area (Å²) in [4.78, 5) is 3.08. The van der Waals surface area contributed by atoms with Crippen LogP contribution in [-0.4, -0.2) is 23.3 Å². The molecule has 0 amide bonds. The molecule has 1 saturated heterocycles. The van der Waals surface area contributed by atoms with Gasteiger partial charge in [0.2, 0.25) is 0 Å². The highest BCUT2D eigenvalue weighted by atomic mass is 19.1. The number of benzene rings is 2. The van der Waals surface area contributed by atoms with E-state index in [1.807, 2.05) is 45.9 Å². The minimum Gasteiger partial charge on any atom is -0.399 e. The Morgan fingerprint density at radius 2 is 1.50 bits per heavy atom. The van der Waals surface area contributed by atoms with Gasteiger partial charge in [0.1, 0.15) is 11.6 Å². The zero-order valence-corrected chi connectivity index (χ0v) is 15.2. The van der Waals surface area contributed by atoms with Crippen LogP contribution in [0.1, 0.15) is 27.7 Å². The number of hydrogen-bond donors (Lipinski definition) is 1. The summed E-state index contributed by atoms with van der Waals surface area (Å²) in [5.74, 6) is -1.19. The fourth-order valence-corrected chi connectivity index (χ4v) is 3.17. The SMILES string of the molecule is CC1(C)OB(c2ccc3[nH]c(-c4c(F)cccc4F)cc3c2)OC1(C)C. The molecule has 0 aliphatic carbocycles. The summed E-state index contributed by atoms with van der Waals surface area (Å²) < 4.78 is 40.3. The molecule has 2 heterocycles. The second-order valence-corrected chi connectivity index (χ2v) is 7.71. The summed E-state index contributed by atoms with van der Waals surface area (Å²) in [7, 11) is -0.479. The van der Waals surface area contributed by atoms with E-state index < -0.39 is 30.0 Å². The molecule has 1 fully saturated rings. The van der Waals surface area contributed by atoms with Crippen molar-refractivity contribution < 1.29 is 18.1 Å². The highest BCUT2D eigenvalue weighted by Gasteiger charge is 2.51. The van der Waals surface area contributed by atoms with Crippen molar-refractivity contribution in [2.24, 2.45) is 0 Å². The number of aromatic nitrogens is 1. The van der Waals surface area contributed by atoms with Crippen molar-refractivity contribution in [3.8, 4) is 11.3 Å². The van der Waals surface area contributed by atoms with Crippen LogP contribution in [-0.2, 0) is 9.31 Å². The number of aromatic amines is 1. The van der Waals surface area contributed by atoms with Gasteiger partial charge in [0.15, 0.2) is 0 Å². The van der Waals surface area contributed by atoms with Crippen molar-refractivity contribution >= 4 is 23.5 Å². The summed E-state index contributed by atoms with van der Waals surface area (Å²) in [6.07, 6.45) is 0. The summed E-state index contributed by atoms with van der Waals surface area (Å²) in [6.45, 7) is 8.00. The molecule has 1 N–H and O–H groups in total. The lowest BCUT2D eigenvalue weighted by Crippen LogP contribution is -2.41. The lowest BCUT2D eigenvalue weighted by atomic mass is 9.78. The van der Waals surface area contributed by atoms with Crippen LogP contribution in [0.4, 0.5) is 8.78 Å². The Morgan fingerprint density at radius 3 is 2.12 bits per heavy atom. The Morgan fingerprint density at radius 1 is 0.885 bits per heavy atom. The van der Waals surface area contributed by atoms with Crippen LogP contribution in [0.5, 0.6) is 0 Å². The first-order valence-electron chi connectivity index (χ1n) is 8.61. The maximum absolute atomic E-state index is 14.1. The first-order valence-corrected chi connectivity index (χ1v) is 8.61. The fraction of sp³-hybridized carbons (Fsp3) is 0.300. The second kappa shape index (κ2) is 5.66. The van der Waals surface area contributed by atoms with Gasteiger partial charge in [0.05, 0.1) is 22.5 Å². The molecule has 0 spiro atoms. The molecule has 0 unspecified atom stereocenters. The molecule has 0 radical (unpaired) electrons. The second-order valence-electron chi connectivity index (χ2n) is 7.71. The Bertz CT molecular complexity index is 960. The Labute approximate surface area is 151 Å². The molecular weight excluding hydrogens is 335 g/mol. The van der Waals surface area contributed by atoms with Crippen LogP contribution in [0.15, 0.2) is 42.5 Å². The molecular formula is C20H20BF2NO2. The van der Waals surface area contributed by atoms with Gasteiger partial charge in [-0.25, -0.2) is 8.78 Å². The van der Waals surface area contributed by atoms with E-state index in [0.29, 0.717) is 5.69 Å². The summed E-state index contributed by atoms with van der Waals surface area (Å²) >= 11 is 0. The molecule has 6 heteroatoms. The predicted molar refractivity (Wildman–Crippen MR) is 99.4 cm³/mol. The molecule has 3 nitrogen and oxygen atoms in total. The molecule has 3 aromatic rings. The number of H-pyrrole nitrogens is 1.